The monoisotopic (exact) mass is 803 g/mol. The molecule has 0 amide bonds. The van der Waals surface area contributed by atoms with Crippen molar-refractivity contribution in [1.82, 2.24) is 9.97 Å². The second-order valence-electron chi connectivity index (χ2n) is 12.1. The molecule has 0 spiro atoms. The fraction of sp³-hybridized carbons (Fsp3) is 0.0952. The fourth-order valence-corrected chi connectivity index (χ4v) is 7.94. The van der Waals surface area contributed by atoms with Gasteiger partial charge in [-0.15, -0.1) is 59.5 Å². The van der Waals surface area contributed by atoms with Crippen molar-refractivity contribution in [2.45, 2.75) is 30.1 Å². The Hall–Kier alpha value is -4.54. The number of nitrogens with zero attached hydrogens (tertiary/aromatic N) is 2. The quantitative estimate of drug-likeness (QED) is 0.132. The first-order chi connectivity index (χ1) is 22.5. The molecule has 231 valence electrons. The summed E-state index contributed by atoms with van der Waals surface area (Å²) in [7, 11) is -1.30. The largest absolute Gasteiger partial charge is 0.305 e. The minimum absolute atomic E-state index is 0. The van der Waals surface area contributed by atoms with Crippen LogP contribution in [-0.2, 0) is 37.3 Å². The van der Waals surface area contributed by atoms with E-state index in [1.54, 1.807) is 6.20 Å². The average molecular weight is 803 g/mol. The Morgan fingerprint density at radius 3 is 2.34 bits per heavy atom. The van der Waals surface area contributed by atoms with E-state index in [1.807, 2.05) is 60.8 Å². The summed E-state index contributed by atoms with van der Waals surface area (Å²) in [6, 6.07) is 45.9. The molecular weight excluding hydrogens is 773 g/mol. The van der Waals surface area contributed by atoms with Crippen LogP contribution in [0.15, 0.2) is 137 Å². The van der Waals surface area contributed by atoms with Gasteiger partial charge in [0, 0.05) is 43.1 Å². The number of rotatable bonds is 3. The molecule has 8 aromatic rings. The second-order valence-corrected chi connectivity index (χ2v) is 13.5. The van der Waals surface area contributed by atoms with Gasteiger partial charge in [0.1, 0.15) is 0 Å². The minimum atomic E-state index is -1.30. The molecule has 1 aliphatic heterocycles. The molecule has 1 atom stereocenters. The van der Waals surface area contributed by atoms with Crippen LogP contribution in [-0.4, -0.2) is 14.2 Å². The molecule has 9 rings (SSSR count). The molecule has 47 heavy (non-hydrogen) atoms. The van der Waals surface area contributed by atoms with Crippen LogP contribution in [0.5, 0.6) is 0 Å². The average Bonchev–Trinajstić information content (AvgIpc) is 3.10. The summed E-state index contributed by atoms with van der Waals surface area (Å²) >= 11 is 0. The van der Waals surface area contributed by atoms with E-state index in [9.17, 15) is 4.21 Å². The Bertz CT molecular complexity index is 2410. The molecule has 1 unspecified atom stereocenters. The van der Waals surface area contributed by atoms with Gasteiger partial charge in [-0.2, -0.15) is 0 Å². The number of aromatic nitrogens is 2. The fourth-order valence-electron chi connectivity index (χ4n) is 6.52. The molecule has 0 saturated heterocycles. The van der Waals surface area contributed by atoms with E-state index in [2.05, 4.69) is 91.6 Å². The van der Waals surface area contributed by atoms with Crippen molar-refractivity contribution in [2.24, 2.45) is 5.92 Å². The van der Waals surface area contributed by atoms with E-state index in [1.165, 1.54) is 21.7 Å². The maximum absolute atomic E-state index is 14.0. The first-order valence-corrected chi connectivity index (χ1v) is 16.7. The molecule has 0 saturated carbocycles. The van der Waals surface area contributed by atoms with E-state index in [4.69, 9.17) is 4.98 Å². The summed E-state index contributed by atoms with van der Waals surface area (Å²) in [6.45, 7) is 4.50. The first-order valence-electron chi connectivity index (χ1n) is 15.6. The predicted molar refractivity (Wildman–Crippen MR) is 190 cm³/mol. The van der Waals surface area contributed by atoms with E-state index in [0.717, 1.165) is 65.7 Å². The van der Waals surface area contributed by atoms with Crippen LogP contribution >= 0.6 is 0 Å². The third kappa shape index (κ3) is 5.70. The van der Waals surface area contributed by atoms with Crippen LogP contribution in [0, 0.1) is 18.1 Å². The second kappa shape index (κ2) is 12.9. The number of hydrogen-bond donors (Lipinski definition) is 0. The molecule has 5 heteroatoms. The molecule has 3 heterocycles. The van der Waals surface area contributed by atoms with Crippen LogP contribution in [0.4, 0.5) is 0 Å². The molecule has 2 aromatic heterocycles. The minimum Gasteiger partial charge on any atom is -0.305 e. The van der Waals surface area contributed by atoms with Crippen molar-refractivity contribution >= 4 is 53.9 Å². The normalized spacial score (nSPS) is 13.3. The molecule has 3 nitrogen and oxygen atoms in total. The van der Waals surface area contributed by atoms with Crippen molar-refractivity contribution in [3.63, 3.8) is 0 Å². The summed E-state index contributed by atoms with van der Waals surface area (Å²) in [5.41, 5.74) is 5.08. The number of benzene rings is 6. The van der Waals surface area contributed by atoms with Crippen molar-refractivity contribution in [1.29, 1.82) is 0 Å². The van der Waals surface area contributed by atoms with Crippen molar-refractivity contribution < 1.29 is 24.3 Å². The molecule has 0 fully saturated rings. The summed E-state index contributed by atoms with van der Waals surface area (Å²) in [5.74, 6) is 0.595. The summed E-state index contributed by atoms with van der Waals surface area (Å²) < 4.78 is 14.0. The molecule has 0 bridgehead atoms. The molecule has 1 aliphatic rings. The Kier molecular flexibility index (Phi) is 8.55. The Balaban J connectivity index is 0.000000228. The van der Waals surface area contributed by atoms with Crippen LogP contribution in [0.1, 0.15) is 19.4 Å². The summed E-state index contributed by atoms with van der Waals surface area (Å²) in [6.07, 6.45) is 4.71. The van der Waals surface area contributed by atoms with Gasteiger partial charge in [0.25, 0.3) is 0 Å². The number of hydrogen-bond acceptors (Lipinski definition) is 3. The zero-order valence-corrected chi connectivity index (χ0v) is 29.2. The molecular formula is C42H30IrN2OS-2. The van der Waals surface area contributed by atoms with E-state index in [-0.39, 0.29) is 20.1 Å². The van der Waals surface area contributed by atoms with E-state index >= 15 is 0 Å². The zero-order chi connectivity index (χ0) is 31.2. The maximum atomic E-state index is 14.0. The number of fused-ring (bicyclic) bond motifs is 7. The number of pyridine rings is 2. The van der Waals surface area contributed by atoms with Crippen LogP contribution in [0.3, 0.4) is 0 Å². The standard InChI is InChI=1S/C31H22NOS.C11H8N.Ir/c1-18(2)13-19-7-8-20-9-10-23-24-11-12-32-31-27-15-21-5-3-4-6-22(21)16-28(27)34(33)29(30(24)31)17-26(23)25(20)14-19;1-2-6-10(7-3-1)11-8-4-5-9-12-11;/h3-12,14,16-18H,13H2,1-2H3;1-6,8-9H;/q2*-1;. The third-order valence-corrected chi connectivity index (χ3v) is 10.0. The summed E-state index contributed by atoms with van der Waals surface area (Å²) in [5, 5.41) is 8.93. The van der Waals surface area contributed by atoms with Crippen molar-refractivity contribution in [3.8, 4) is 22.5 Å². The van der Waals surface area contributed by atoms with Gasteiger partial charge in [-0.25, -0.2) is 0 Å². The molecule has 0 aliphatic carbocycles. The van der Waals surface area contributed by atoms with Gasteiger partial charge in [0.15, 0.2) is 0 Å². The third-order valence-electron chi connectivity index (χ3n) is 8.57. The van der Waals surface area contributed by atoms with Crippen LogP contribution in [0.2, 0.25) is 0 Å². The summed E-state index contributed by atoms with van der Waals surface area (Å²) in [4.78, 5) is 10.6. The van der Waals surface area contributed by atoms with Gasteiger partial charge in [-0.1, -0.05) is 85.5 Å². The van der Waals surface area contributed by atoms with E-state index < -0.39 is 10.8 Å². The van der Waals surface area contributed by atoms with Crippen LogP contribution < -0.4 is 0 Å². The van der Waals surface area contributed by atoms with Gasteiger partial charge in [-0.3, -0.25) is 9.19 Å². The smallest absolute Gasteiger partial charge is 0.0508 e. The zero-order valence-electron chi connectivity index (χ0n) is 26.0. The topological polar surface area (TPSA) is 42.9 Å². The molecule has 1 radical (unpaired) electrons. The Labute approximate surface area is 290 Å². The maximum Gasteiger partial charge on any atom is 0.0508 e. The van der Waals surface area contributed by atoms with Gasteiger partial charge in [0.2, 0.25) is 0 Å². The Morgan fingerprint density at radius 1 is 0.702 bits per heavy atom. The Morgan fingerprint density at radius 2 is 1.53 bits per heavy atom. The van der Waals surface area contributed by atoms with Crippen molar-refractivity contribution in [2.75, 3.05) is 0 Å². The predicted octanol–water partition coefficient (Wildman–Crippen LogP) is 10.4. The van der Waals surface area contributed by atoms with Crippen LogP contribution in [0.25, 0.3) is 65.6 Å². The van der Waals surface area contributed by atoms with Gasteiger partial charge in [-0.05, 0) is 79.0 Å². The van der Waals surface area contributed by atoms with Gasteiger partial charge >= 0.3 is 0 Å². The van der Waals surface area contributed by atoms with Gasteiger partial charge in [0.05, 0.1) is 10.8 Å². The first kappa shape index (κ1) is 31.1. The SMILES string of the molecule is CC(C)Cc1ccc2ccc3c4ccnc5c4c(cc3c2c1)S(=O)c1cc2ccccc2[c-]c1-5.[Ir].[c-]1ccccc1-c1ccccn1. The van der Waals surface area contributed by atoms with E-state index in [0.29, 0.717) is 5.92 Å². The molecule has 6 aromatic carbocycles. The molecule has 0 N–H and O–H groups in total. The van der Waals surface area contributed by atoms with Gasteiger partial charge < -0.3 is 4.98 Å². The van der Waals surface area contributed by atoms with Crippen molar-refractivity contribution in [3.05, 3.63) is 145 Å².